The number of aliphatic hydroxyl groups excluding tert-OH is 1. The number of aliphatic hydroxyl groups is 1. The molecule has 0 fully saturated rings. The molecule has 0 saturated heterocycles. The van der Waals surface area contributed by atoms with Crippen LogP contribution in [0.4, 0.5) is 0 Å². The Morgan fingerprint density at radius 2 is 0.607 bits per heavy atom. The third kappa shape index (κ3) is 64.1. The quantitative estimate of drug-likeness (QED) is 0.0169. The normalized spacial score (nSPS) is 14.3. The van der Waals surface area contributed by atoms with Gasteiger partial charge in [-0.15, -0.1) is 0 Å². The fraction of sp³-hybridized carbons (Fsp3) is 0.886. The molecule has 89 heavy (non-hydrogen) atoms. The van der Waals surface area contributed by atoms with Crippen LogP contribution in [0.15, 0.2) is 24.3 Å². The maximum absolute atomic E-state index is 13.0. The maximum atomic E-state index is 13.0. The van der Waals surface area contributed by atoms with Crippen LogP contribution in [0, 0.1) is 5.92 Å². The topological polar surface area (TPSA) is 237 Å². The Morgan fingerprint density at radius 3 is 0.921 bits per heavy atom. The van der Waals surface area contributed by atoms with Gasteiger partial charge in [-0.05, 0) is 57.3 Å². The molecule has 0 aliphatic carbocycles. The molecule has 5 atom stereocenters. The first-order valence-corrected chi connectivity index (χ1v) is 38.9. The predicted molar refractivity (Wildman–Crippen MR) is 358 cm³/mol. The highest BCUT2D eigenvalue weighted by molar-refractivity contribution is 7.47. The Hall–Kier alpha value is -2.46. The molecule has 17 nitrogen and oxygen atoms in total. The molecule has 19 heteroatoms. The van der Waals surface area contributed by atoms with Crippen molar-refractivity contribution in [1.82, 2.24) is 0 Å². The van der Waals surface area contributed by atoms with Crippen LogP contribution in [0.25, 0.3) is 0 Å². The number of ether oxygens (including phenoxy) is 4. The van der Waals surface area contributed by atoms with Gasteiger partial charge in [-0.2, -0.15) is 0 Å². The van der Waals surface area contributed by atoms with E-state index in [1.54, 1.807) is 0 Å². The Balaban J connectivity index is 5.24. The van der Waals surface area contributed by atoms with Gasteiger partial charge in [-0.3, -0.25) is 37.3 Å². The highest BCUT2D eigenvalue weighted by Gasteiger charge is 2.30. The summed E-state index contributed by atoms with van der Waals surface area (Å²) >= 11 is 0. The smallest absolute Gasteiger partial charge is 0.462 e. The monoisotopic (exact) mass is 1310 g/mol. The zero-order valence-corrected chi connectivity index (χ0v) is 58.8. The highest BCUT2D eigenvalue weighted by Crippen LogP contribution is 2.45. The fourth-order valence-corrected chi connectivity index (χ4v) is 11.7. The number of carbonyl (C=O) groups is 4. The van der Waals surface area contributed by atoms with Gasteiger partial charge in [0.1, 0.15) is 19.3 Å². The second kappa shape index (κ2) is 63.0. The zero-order chi connectivity index (χ0) is 65.6. The zero-order valence-electron chi connectivity index (χ0n) is 57.0. The molecule has 0 rings (SSSR count). The highest BCUT2D eigenvalue weighted by atomic mass is 31.2. The number of carbonyl (C=O) groups excluding carboxylic acids is 4. The molecule has 0 aromatic rings. The summed E-state index contributed by atoms with van der Waals surface area (Å²) in [5.41, 5.74) is 0. The fourth-order valence-electron chi connectivity index (χ4n) is 10.1. The number of unbranched alkanes of at least 4 members (excludes halogenated alkanes) is 37. The summed E-state index contributed by atoms with van der Waals surface area (Å²) in [6.07, 6.45) is 52.2. The Kier molecular flexibility index (Phi) is 61.2. The van der Waals surface area contributed by atoms with Crippen molar-refractivity contribution in [1.29, 1.82) is 0 Å². The van der Waals surface area contributed by atoms with E-state index in [4.69, 9.17) is 37.0 Å². The van der Waals surface area contributed by atoms with Gasteiger partial charge in [-0.25, -0.2) is 9.13 Å². The Labute approximate surface area is 542 Å². The van der Waals surface area contributed by atoms with Crippen molar-refractivity contribution in [3.05, 3.63) is 24.3 Å². The molecule has 524 valence electrons. The SMILES string of the molecule is CCCCCC/C=C\C=C/CCCCCCCC(=O)OC[C@H](COP(=O)(O)OC[C@@H](O)COP(=O)(O)OC[C@@H](COC(=O)CCCCCCCCC)OC(=O)CCCCCCCCCCCCC)OC(=O)CCCCCCCCCCCCCCCC(C)C. The molecule has 2 unspecified atom stereocenters. The van der Waals surface area contributed by atoms with Crippen LogP contribution in [0.1, 0.15) is 336 Å². The second-order valence-corrected chi connectivity index (χ2v) is 28.0. The van der Waals surface area contributed by atoms with Crippen LogP contribution in [-0.4, -0.2) is 96.7 Å². The third-order valence-corrected chi connectivity index (χ3v) is 17.6. The van der Waals surface area contributed by atoms with E-state index in [0.29, 0.717) is 25.7 Å². The van der Waals surface area contributed by atoms with Crippen LogP contribution in [0.3, 0.4) is 0 Å². The van der Waals surface area contributed by atoms with Crippen LogP contribution in [0.2, 0.25) is 0 Å². The molecule has 0 aromatic carbocycles. The number of hydrogen-bond acceptors (Lipinski definition) is 15. The molecule has 0 saturated carbocycles. The predicted octanol–water partition coefficient (Wildman–Crippen LogP) is 19.7. The number of phosphoric ester groups is 2. The number of allylic oxidation sites excluding steroid dienone is 4. The lowest BCUT2D eigenvalue weighted by atomic mass is 10.0. The summed E-state index contributed by atoms with van der Waals surface area (Å²) in [6, 6.07) is 0. The van der Waals surface area contributed by atoms with E-state index in [-0.39, 0.29) is 25.7 Å². The maximum Gasteiger partial charge on any atom is 0.472 e. The summed E-state index contributed by atoms with van der Waals surface area (Å²) in [7, 11) is -9.90. The molecule has 0 bridgehead atoms. The van der Waals surface area contributed by atoms with E-state index in [9.17, 15) is 43.2 Å². The van der Waals surface area contributed by atoms with Crippen molar-refractivity contribution in [2.75, 3.05) is 39.6 Å². The standard InChI is InChI=1S/C70H132O17P2/c1-6-9-12-15-18-20-22-23-24-27-31-34-39-44-49-54-68(73)81-60-66(87-70(75)56-51-46-41-36-32-28-25-26-30-33-38-42-47-52-63(4)5)62-85-89(78,79)83-58-64(71)57-82-88(76,77)84-61-65(59-80-67(72)53-48-43-37-17-14-11-8-3)86-69(74)55-50-45-40-35-29-21-19-16-13-10-7-2/h20,22-24,63-66,71H,6-19,21,25-62H2,1-5H3,(H,76,77)(H,78,79)/b22-20-,24-23-/t64-,65+,66+/m0/s1. The van der Waals surface area contributed by atoms with Crippen LogP contribution < -0.4 is 0 Å². The van der Waals surface area contributed by atoms with Crippen molar-refractivity contribution in [3.8, 4) is 0 Å². The van der Waals surface area contributed by atoms with Gasteiger partial charge in [0.25, 0.3) is 0 Å². The van der Waals surface area contributed by atoms with Gasteiger partial charge in [0, 0.05) is 25.7 Å². The summed E-state index contributed by atoms with van der Waals surface area (Å²) < 4.78 is 68.1. The van der Waals surface area contributed by atoms with E-state index >= 15 is 0 Å². The van der Waals surface area contributed by atoms with Crippen LogP contribution >= 0.6 is 15.6 Å². The van der Waals surface area contributed by atoms with Crippen molar-refractivity contribution in [2.45, 2.75) is 355 Å². The average molecular weight is 1310 g/mol. The van der Waals surface area contributed by atoms with Gasteiger partial charge in [0.15, 0.2) is 12.2 Å². The summed E-state index contributed by atoms with van der Waals surface area (Å²) in [5.74, 6) is -1.37. The van der Waals surface area contributed by atoms with E-state index < -0.39 is 97.5 Å². The van der Waals surface area contributed by atoms with Crippen LogP contribution in [0.5, 0.6) is 0 Å². The molecule has 0 aromatic heterocycles. The van der Waals surface area contributed by atoms with Gasteiger partial charge in [0.05, 0.1) is 26.4 Å². The largest absolute Gasteiger partial charge is 0.472 e. The van der Waals surface area contributed by atoms with E-state index in [2.05, 4.69) is 58.9 Å². The van der Waals surface area contributed by atoms with Gasteiger partial charge in [-0.1, -0.05) is 284 Å². The van der Waals surface area contributed by atoms with Crippen molar-refractivity contribution < 1.29 is 80.2 Å². The first-order valence-electron chi connectivity index (χ1n) is 36.0. The lowest BCUT2D eigenvalue weighted by Crippen LogP contribution is -2.30. The van der Waals surface area contributed by atoms with Gasteiger partial charge in [0.2, 0.25) is 0 Å². The second-order valence-electron chi connectivity index (χ2n) is 25.1. The van der Waals surface area contributed by atoms with E-state index in [1.165, 1.54) is 128 Å². The summed E-state index contributed by atoms with van der Waals surface area (Å²) in [4.78, 5) is 72.4. The summed E-state index contributed by atoms with van der Waals surface area (Å²) in [5, 5.41) is 10.6. The number of rotatable bonds is 68. The molecule has 0 aliphatic rings. The minimum atomic E-state index is -4.96. The molecule has 0 aliphatic heterocycles. The molecule has 3 N–H and O–H groups in total. The lowest BCUT2D eigenvalue weighted by molar-refractivity contribution is -0.161. The molecule has 0 spiro atoms. The minimum absolute atomic E-state index is 0.100. The average Bonchev–Trinajstić information content (AvgIpc) is 3.63. The van der Waals surface area contributed by atoms with Gasteiger partial charge >= 0.3 is 39.5 Å². The number of esters is 4. The molecule has 0 radical (unpaired) electrons. The van der Waals surface area contributed by atoms with Gasteiger partial charge < -0.3 is 33.8 Å². The summed E-state index contributed by atoms with van der Waals surface area (Å²) in [6.45, 7) is 7.15. The Morgan fingerprint density at radius 1 is 0.348 bits per heavy atom. The first kappa shape index (κ1) is 86.5. The Bertz CT molecular complexity index is 1810. The van der Waals surface area contributed by atoms with E-state index in [0.717, 1.165) is 128 Å². The lowest BCUT2D eigenvalue weighted by Gasteiger charge is -2.21. The van der Waals surface area contributed by atoms with Crippen molar-refractivity contribution in [2.24, 2.45) is 5.92 Å². The molecular formula is C70H132O17P2. The number of phosphoric acid groups is 2. The first-order chi connectivity index (χ1) is 43.0. The number of hydrogen-bond donors (Lipinski definition) is 3. The minimum Gasteiger partial charge on any atom is -0.462 e. The van der Waals surface area contributed by atoms with E-state index in [1.807, 2.05) is 0 Å². The molecular weight excluding hydrogens is 1170 g/mol. The molecule has 0 heterocycles. The van der Waals surface area contributed by atoms with Crippen LogP contribution in [-0.2, 0) is 65.4 Å². The van der Waals surface area contributed by atoms with Crippen molar-refractivity contribution >= 4 is 39.5 Å². The molecule has 0 amide bonds. The van der Waals surface area contributed by atoms with Crippen molar-refractivity contribution in [3.63, 3.8) is 0 Å². The third-order valence-electron chi connectivity index (χ3n) is 15.7.